The first-order valence-electron chi connectivity index (χ1n) is 8.40. The predicted molar refractivity (Wildman–Crippen MR) is 83.3 cm³/mol. The Balaban J connectivity index is 1.81. The fourth-order valence-corrected chi connectivity index (χ4v) is 14.1. The molecule has 1 atom stereocenters. The molecule has 2 rings (SSSR count). The minimum absolute atomic E-state index is 0.331. The van der Waals surface area contributed by atoms with Gasteiger partial charge in [-0.25, -0.2) is 0 Å². The third-order valence-corrected chi connectivity index (χ3v) is 14.8. The summed E-state index contributed by atoms with van der Waals surface area (Å²) in [7, 11) is 0. The molecular formula is C15H31NO3Sn. The molecule has 0 aromatic carbocycles. The van der Waals surface area contributed by atoms with Crippen LogP contribution in [0, 0.1) is 0 Å². The molecule has 2 saturated heterocycles. The summed E-state index contributed by atoms with van der Waals surface area (Å²) in [4.78, 5) is 2.47. The average molecular weight is 392 g/mol. The molecule has 20 heavy (non-hydrogen) atoms. The van der Waals surface area contributed by atoms with E-state index < -0.39 is 19.2 Å². The molecule has 0 aromatic rings. The molecule has 5 heteroatoms. The fourth-order valence-electron chi connectivity index (χ4n) is 3.06. The topological polar surface area (TPSA) is 30.9 Å². The van der Waals surface area contributed by atoms with Crippen LogP contribution in [0.2, 0.25) is 8.87 Å². The van der Waals surface area contributed by atoms with Crippen molar-refractivity contribution in [3.8, 4) is 0 Å². The number of hydrogen-bond donors (Lipinski definition) is 0. The Kier molecular flexibility index (Phi) is 7.59. The minimum atomic E-state index is -2.69. The Morgan fingerprint density at radius 3 is 2.30 bits per heavy atom. The molecule has 0 aromatic heterocycles. The maximum atomic E-state index is 6.56. The van der Waals surface area contributed by atoms with Gasteiger partial charge in [-0.3, -0.25) is 0 Å². The first kappa shape index (κ1) is 17.0. The number of nitrogens with zero attached hydrogens (tertiary/aromatic N) is 1. The SMILES string of the molecule is CCC[CH2][Sn]1([CH2]CCC)[O]C[C@H](CN2CCOCC2)[O]1. The van der Waals surface area contributed by atoms with E-state index in [0.717, 1.165) is 39.5 Å². The zero-order valence-electron chi connectivity index (χ0n) is 13.2. The van der Waals surface area contributed by atoms with E-state index in [0.29, 0.717) is 6.10 Å². The van der Waals surface area contributed by atoms with E-state index in [1.165, 1.54) is 34.6 Å². The molecule has 4 nitrogen and oxygen atoms in total. The van der Waals surface area contributed by atoms with E-state index in [-0.39, 0.29) is 0 Å². The van der Waals surface area contributed by atoms with Crippen molar-refractivity contribution >= 4 is 19.2 Å². The van der Waals surface area contributed by atoms with E-state index in [1.54, 1.807) is 0 Å². The van der Waals surface area contributed by atoms with Crippen LogP contribution in [-0.2, 0) is 10.9 Å². The molecule has 2 aliphatic heterocycles. The van der Waals surface area contributed by atoms with Crippen molar-refractivity contribution in [2.24, 2.45) is 0 Å². The van der Waals surface area contributed by atoms with Crippen LogP contribution < -0.4 is 0 Å². The van der Waals surface area contributed by atoms with Crippen molar-refractivity contribution < 1.29 is 10.9 Å². The van der Waals surface area contributed by atoms with Crippen molar-refractivity contribution in [1.29, 1.82) is 0 Å². The summed E-state index contributed by atoms with van der Waals surface area (Å²) in [6.07, 6.45) is 5.41. The first-order chi connectivity index (χ1) is 9.78. The van der Waals surface area contributed by atoms with Gasteiger partial charge in [0.2, 0.25) is 0 Å². The number of ether oxygens (including phenoxy) is 1. The molecule has 2 heterocycles. The van der Waals surface area contributed by atoms with E-state index in [4.69, 9.17) is 10.9 Å². The molecule has 118 valence electrons. The summed E-state index contributed by atoms with van der Waals surface area (Å²) in [6.45, 7) is 10.3. The van der Waals surface area contributed by atoms with Crippen LogP contribution in [0.4, 0.5) is 0 Å². The van der Waals surface area contributed by atoms with Crippen molar-refractivity contribution in [3.05, 3.63) is 0 Å². The van der Waals surface area contributed by atoms with Gasteiger partial charge in [0.1, 0.15) is 0 Å². The molecule has 0 amide bonds. The van der Waals surface area contributed by atoms with Gasteiger partial charge < -0.3 is 0 Å². The van der Waals surface area contributed by atoms with Gasteiger partial charge in [0.05, 0.1) is 0 Å². The van der Waals surface area contributed by atoms with Crippen LogP contribution in [0.15, 0.2) is 0 Å². The van der Waals surface area contributed by atoms with E-state index in [9.17, 15) is 0 Å². The molecule has 0 unspecified atom stereocenters. The Bertz CT molecular complexity index is 264. The normalized spacial score (nSPS) is 27.0. The van der Waals surface area contributed by atoms with Crippen LogP contribution in [0.5, 0.6) is 0 Å². The number of unbranched alkanes of at least 4 members (excludes halogenated alkanes) is 2. The summed E-state index contributed by atoms with van der Waals surface area (Å²) in [5.74, 6) is 0. The number of hydrogen-bond acceptors (Lipinski definition) is 4. The molecule has 0 aliphatic carbocycles. The van der Waals surface area contributed by atoms with Gasteiger partial charge in [-0.1, -0.05) is 0 Å². The van der Waals surface area contributed by atoms with Crippen LogP contribution in [0.1, 0.15) is 39.5 Å². The third kappa shape index (κ3) is 5.12. The second-order valence-electron chi connectivity index (χ2n) is 6.08. The average Bonchev–Trinajstić information content (AvgIpc) is 2.88. The zero-order valence-corrected chi connectivity index (χ0v) is 16.1. The van der Waals surface area contributed by atoms with Gasteiger partial charge in [-0.05, 0) is 0 Å². The van der Waals surface area contributed by atoms with Crippen LogP contribution in [-0.4, -0.2) is 69.7 Å². The molecule has 0 bridgehead atoms. The van der Waals surface area contributed by atoms with E-state index >= 15 is 0 Å². The Morgan fingerprint density at radius 1 is 1.05 bits per heavy atom. The Hall–Kier alpha value is 0.639. The number of morpholine rings is 1. The third-order valence-electron chi connectivity index (χ3n) is 4.30. The number of rotatable bonds is 8. The quantitative estimate of drug-likeness (QED) is 0.595. The monoisotopic (exact) mass is 393 g/mol. The van der Waals surface area contributed by atoms with Gasteiger partial charge in [-0.15, -0.1) is 0 Å². The predicted octanol–water partition coefficient (Wildman–Crippen LogP) is 2.78. The van der Waals surface area contributed by atoms with Gasteiger partial charge in [-0.2, -0.15) is 0 Å². The summed E-state index contributed by atoms with van der Waals surface area (Å²) < 4.78 is 20.8. The van der Waals surface area contributed by atoms with E-state index in [1.807, 2.05) is 0 Å². The van der Waals surface area contributed by atoms with Gasteiger partial charge in [0, 0.05) is 0 Å². The van der Waals surface area contributed by atoms with Crippen molar-refractivity contribution in [2.45, 2.75) is 54.5 Å². The van der Waals surface area contributed by atoms with Crippen molar-refractivity contribution in [1.82, 2.24) is 4.90 Å². The zero-order chi connectivity index (χ0) is 14.3. The van der Waals surface area contributed by atoms with Crippen LogP contribution in [0.25, 0.3) is 0 Å². The van der Waals surface area contributed by atoms with Crippen LogP contribution in [0.3, 0.4) is 0 Å². The molecule has 0 radical (unpaired) electrons. The first-order valence-corrected chi connectivity index (χ1v) is 14.8. The summed E-state index contributed by atoms with van der Waals surface area (Å²) in [5.41, 5.74) is 0. The second kappa shape index (κ2) is 8.93. The maximum absolute atomic E-state index is 6.56. The van der Waals surface area contributed by atoms with E-state index in [2.05, 4.69) is 18.7 Å². The second-order valence-corrected chi connectivity index (χ2v) is 15.6. The summed E-state index contributed by atoms with van der Waals surface area (Å²) >= 11 is -2.69. The molecule has 2 fully saturated rings. The van der Waals surface area contributed by atoms with Gasteiger partial charge >= 0.3 is 129 Å². The van der Waals surface area contributed by atoms with Crippen molar-refractivity contribution in [2.75, 3.05) is 39.5 Å². The standard InChI is InChI=1S/C7H13NO3.2C4H9.Sn/c9-6-7(10)5-8-1-3-11-4-2-8;2*1-3-4-2;/h7H,1-6H2;2*1,3-4H2,2H3;/q-2;;;+2/t7-;;;/m0.../s1. The Morgan fingerprint density at radius 2 is 1.70 bits per heavy atom. The molecule has 0 saturated carbocycles. The molecule has 0 spiro atoms. The van der Waals surface area contributed by atoms with Crippen LogP contribution >= 0.6 is 0 Å². The molecular weight excluding hydrogens is 361 g/mol. The molecule has 0 N–H and O–H groups in total. The van der Waals surface area contributed by atoms with Gasteiger partial charge in [0.15, 0.2) is 0 Å². The Labute approximate surface area is 129 Å². The summed E-state index contributed by atoms with van der Waals surface area (Å²) in [5, 5.41) is 0. The fraction of sp³-hybridized carbons (Fsp3) is 1.00. The summed E-state index contributed by atoms with van der Waals surface area (Å²) in [6, 6.07) is 0. The van der Waals surface area contributed by atoms with Gasteiger partial charge in [0.25, 0.3) is 0 Å². The molecule has 2 aliphatic rings. The van der Waals surface area contributed by atoms with Crippen molar-refractivity contribution in [3.63, 3.8) is 0 Å².